The number of quaternary nitrogens is 2. The van der Waals surface area contributed by atoms with Gasteiger partial charge < -0.3 is 9.80 Å². The van der Waals surface area contributed by atoms with E-state index in [-0.39, 0.29) is 0 Å². The highest BCUT2D eigenvalue weighted by Crippen LogP contribution is 2.31. The number of nitrogens with one attached hydrogen (secondary N) is 2. The first-order chi connectivity index (χ1) is 10.8. The van der Waals surface area contributed by atoms with E-state index >= 15 is 0 Å². The molecule has 1 aromatic rings. The lowest BCUT2D eigenvalue weighted by Gasteiger charge is -2.39. The first-order valence-corrected chi connectivity index (χ1v) is 9.52. The number of rotatable bonds is 4. The third kappa shape index (κ3) is 3.72. The van der Waals surface area contributed by atoms with Gasteiger partial charge in [0.05, 0.1) is 12.1 Å². The molecule has 0 radical (unpaired) electrons. The molecule has 3 rings (SSSR count). The van der Waals surface area contributed by atoms with Gasteiger partial charge >= 0.3 is 0 Å². The molecule has 0 amide bonds. The molecule has 122 valence electrons. The van der Waals surface area contributed by atoms with Gasteiger partial charge in [-0.25, -0.2) is 0 Å². The maximum atomic E-state index is 2.42. The summed E-state index contributed by atoms with van der Waals surface area (Å²) in [6.07, 6.45) is 7.01. The van der Waals surface area contributed by atoms with E-state index in [4.69, 9.17) is 0 Å². The Bertz CT molecular complexity index is 428. The summed E-state index contributed by atoms with van der Waals surface area (Å²) in [6, 6.07) is 13.0. The summed E-state index contributed by atoms with van der Waals surface area (Å²) >= 11 is 0. The van der Waals surface area contributed by atoms with Crippen molar-refractivity contribution in [1.29, 1.82) is 0 Å². The molecule has 0 aromatic heterocycles. The zero-order chi connectivity index (χ0) is 15.4. The number of hydrogen-bond acceptors (Lipinski definition) is 0. The molecule has 1 saturated carbocycles. The van der Waals surface area contributed by atoms with Crippen LogP contribution in [0.2, 0.25) is 0 Å². The number of hydrogen-bond donors (Lipinski definition) is 2. The molecule has 1 saturated heterocycles. The van der Waals surface area contributed by atoms with Gasteiger partial charge in [-0.1, -0.05) is 37.3 Å². The Kier molecular flexibility index (Phi) is 5.54. The third-order valence-electron chi connectivity index (χ3n) is 6.42. The van der Waals surface area contributed by atoms with Crippen LogP contribution in [0.15, 0.2) is 30.3 Å². The molecule has 22 heavy (non-hydrogen) atoms. The predicted octanol–water partition coefficient (Wildman–Crippen LogP) is 1.29. The Morgan fingerprint density at radius 3 is 2.18 bits per heavy atom. The Morgan fingerprint density at radius 1 is 0.955 bits per heavy atom. The van der Waals surface area contributed by atoms with E-state index in [9.17, 15) is 0 Å². The summed E-state index contributed by atoms with van der Waals surface area (Å²) in [4.78, 5) is 3.77. The van der Waals surface area contributed by atoms with Gasteiger partial charge in [0.25, 0.3) is 0 Å². The van der Waals surface area contributed by atoms with E-state index in [1.165, 1.54) is 58.3 Å². The van der Waals surface area contributed by atoms with E-state index < -0.39 is 0 Å². The molecule has 2 nitrogen and oxygen atoms in total. The Morgan fingerprint density at radius 2 is 1.59 bits per heavy atom. The molecule has 1 aliphatic heterocycles. The first kappa shape index (κ1) is 16.0. The minimum absolute atomic E-state index is 0.823. The zero-order valence-electron chi connectivity index (χ0n) is 14.5. The SMILES string of the molecule is CC[C@H](C)[NH+]1CC[NH+](C2CCC(c3ccccc3)CC2)CC1. The van der Waals surface area contributed by atoms with Crippen LogP contribution in [-0.4, -0.2) is 38.3 Å². The summed E-state index contributed by atoms with van der Waals surface area (Å²) in [5, 5.41) is 0. The highest BCUT2D eigenvalue weighted by molar-refractivity contribution is 5.19. The molecular formula is C20H34N2+2. The molecule has 0 spiro atoms. The standard InChI is InChI=1S/C20H32N2/c1-3-17(2)21-13-15-22(16-14-21)20-11-9-19(10-12-20)18-7-5-4-6-8-18/h4-8,17,19-20H,3,9-16H2,1-2H3/p+2/t17-,19?,20?/m0/s1. The maximum absolute atomic E-state index is 2.42. The molecule has 1 atom stereocenters. The van der Waals surface area contributed by atoms with Crippen LogP contribution in [0.4, 0.5) is 0 Å². The van der Waals surface area contributed by atoms with Gasteiger partial charge in [-0.2, -0.15) is 0 Å². The van der Waals surface area contributed by atoms with Crippen molar-refractivity contribution < 1.29 is 9.80 Å². The topological polar surface area (TPSA) is 8.88 Å². The van der Waals surface area contributed by atoms with Gasteiger partial charge in [-0.05, 0) is 50.5 Å². The van der Waals surface area contributed by atoms with Gasteiger partial charge in [-0.15, -0.1) is 0 Å². The Labute approximate surface area is 136 Å². The summed E-state index contributed by atoms with van der Waals surface area (Å²) < 4.78 is 0. The zero-order valence-corrected chi connectivity index (χ0v) is 14.5. The van der Waals surface area contributed by atoms with E-state index in [2.05, 4.69) is 44.2 Å². The van der Waals surface area contributed by atoms with Crippen LogP contribution < -0.4 is 9.80 Å². The van der Waals surface area contributed by atoms with Crippen molar-refractivity contribution in [3.05, 3.63) is 35.9 Å². The fourth-order valence-corrected chi connectivity index (χ4v) is 4.64. The molecule has 1 heterocycles. The van der Waals surface area contributed by atoms with E-state index in [1.54, 1.807) is 5.56 Å². The van der Waals surface area contributed by atoms with Crippen molar-refractivity contribution in [2.45, 2.75) is 64.0 Å². The molecule has 0 unspecified atom stereocenters. The average Bonchev–Trinajstić information content (AvgIpc) is 2.62. The molecule has 2 heteroatoms. The number of benzene rings is 1. The third-order valence-corrected chi connectivity index (χ3v) is 6.42. The van der Waals surface area contributed by atoms with E-state index in [1.807, 2.05) is 9.80 Å². The Hall–Kier alpha value is -0.860. The van der Waals surface area contributed by atoms with E-state index in [0.717, 1.165) is 18.0 Å². The van der Waals surface area contributed by atoms with Crippen LogP contribution in [0.1, 0.15) is 57.4 Å². The Balaban J connectivity index is 1.46. The van der Waals surface area contributed by atoms with Crippen LogP contribution in [0, 0.1) is 0 Å². The molecule has 2 aliphatic rings. The van der Waals surface area contributed by atoms with E-state index in [0.29, 0.717) is 0 Å². The van der Waals surface area contributed by atoms with Crippen molar-refractivity contribution in [3.8, 4) is 0 Å². The highest BCUT2D eigenvalue weighted by atomic mass is 15.3. The van der Waals surface area contributed by atoms with Crippen molar-refractivity contribution in [3.63, 3.8) is 0 Å². The monoisotopic (exact) mass is 302 g/mol. The van der Waals surface area contributed by atoms with Gasteiger partial charge in [0.15, 0.2) is 0 Å². The molecule has 1 aromatic carbocycles. The summed E-state index contributed by atoms with van der Waals surface area (Å²) in [5.41, 5.74) is 1.57. The van der Waals surface area contributed by atoms with Gasteiger partial charge in [-0.3, -0.25) is 0 Å². The summed E-state index contributed by atoms with van der Waals surface area (Å²) in [5.74, 6) is 0.823. The van der Waals surface area contributed by atoms with Crippen molar-refractivity contribution in [1.82, 2.24) is 0 Å². The molecule has 0 bridgehead atoms. The second kappa shape index (κ2) is 7.61. The van der Waals surface area contributed by atoms with Crippen molar-refractivity contribution in [2.75, 3.05) is 26.2 Å². The highest BCUT2D eigenvalue weighted by Gasteiger charge is 2.33. The second-order valence-electron chi connectivity index (χ2n) is 7.59. The lowest BCUT2D eigenvalue weighted by atomic mass is 9.81. The van der Waals surface area contributed by atoms with Crippen LogP contribution in [0.25, 0.3) is 0 Å². The lowest BCUT2D eigenvalue weighted by molar-refractivity contribution is -1.03. The minimum Gasteiger partial charge on any atom is -0.323 e. The van der Waals surface area contributed by atoms with Gasteiger partial charge in [0, 0.05) is 0 Å². The van der Waals surface area contributed by atoms with Crippen molar-refractivity contribution in [2.24, 2.45) is 0 Å². The normalized spacial score (nSPS) is 34.3. The fraction of sp³-hybridized carbons (Fsp3) is 0.700. The summed E-state index contributed by atoms with van der Waals surface area (Å²) in [7, 11) is 0. The molecule has 2 fully saturated rings. The van der Waals surface area contributed by atoms with Crippen LogP contribution in [0.3, 0.4) is 0 Å². The second-order valence-corrected chi connectivity index (χ2v) is 7.59. The molecule has 2 N–H and O–H groups in total. The average molecular weight is 303 g/mol. The fourth-order valence-electron chi connectivity index (χ4n) is 4.64. The molecular weight excluding hydrogens is 268 g/mol. The van der Waals surface area contributed by atoms with Gasteiger partial charge in [0.1, 0.15) is 26.2 Å². The van der Waals surface area contributed by atoms with Crippen molar-refractivity contribution >= 4 is 0 Å². The van der Waals surface area contributed by atoms with Crippen LogP contribution >= 0.6 is 0 Å². The van der Waals surface area contributed by atoms with Crippen LogP contribution in [-0.2, 0) is 0 Å². The summed E-state index contributed by atoms with van der Waals surface area (Å²) in [6.45, 7) is 10.3. The largest absolute Gasteiger partial charge is 0.323 e. The smallest absolute Gasteiger partial charge is 0.127 e. The van der Waals surface area contributed by atoms with Crippen LogP contribution in [0.5, 0.6) is 0 Å². The lowest BCUT2D eigenvalue weighted by Crippen LogP contribution is -3.30. The predicted molar refractivity (Wildman–Crippen MR) is 92.6 cm³/mol. The number of piperazine rings is 1. The molecule has 1 aliphatic carbocycles. The quantitative estimate of drug-likeness (QED) is 0.829. The van der Waals surface area contributed by atoms with Gasteiger partial charge in [0.2, 0.25) is 0 Å². The first-order valence-electron chi connectivity index (χ1n) is 9.52. The maximum Gasteiger partial charge on any atom is 0.127 e. The minimum atomic E-state index is 0.823.